The zero-order valence-electron chi connectivity index (χ0n) is 13.6. The summed E-state index contributed by atoms with van der Waals surface area (Å²) in [7, 11) is 0. The van der Waals surface area contributed by atoms with Gasteiger partial charge in [0.15, 0.2) is 0 Å². The molecule has 0 saturated carbocycles. The van der Waals surface area contributed by atoms with E-state index in [9.17, 15) is 9.18 Å². The van der Waals surface area contributed by atoms with Crippen LogP contribution in [0.25, 0.3) is 0 Å². The normalized spacial score (nSPS) is 16.0. The number of nitrogens with zero attached hydrogens (tertiary/aromatic N) is 2. The predicted molar refractivity (Wildman–Crippen MR) is 92.1 cm³/mol. The first-order valence-electron chi connectivity index (χ1n) is 8.39. The van der Waals surface area contributed by atoms with Crippen molar-refractivity contribution in [2.45, 2.75) is 19.3 Å². The lowest BCUT2D eigenvalue weighted by molar-refractivity contribution is -0.121. The summed E-state index contributed by atoms with van der Waals surface area (Å²) in [5.74, 6) is -0.235. The second-order valence-electron chi connectivity index (χ2n) is 6.18. The Kier molecular flexibility index (Phi) is 5.54. The van der Waals surface area contributed by atoms with E-state index in [1.165, 1.54) is 12.1 Å². The van der Waals surface area contributed by atoms with Crippen molar-refractivity contribution in [3.05, 3.63) is 60.2 Å². The van der Waals surface area contributed by atoms with Gasteiger partial charge in [-0.05, 0) is 62.3 Å². The minimum atomic E-state index is -0.297. The van der Waals surface area contributed by atoms with Crippen LogP contribution in [0.2, 0.25) is 0 Å². The first-order valence-corrected chi connectivity index (χ1v) is 8.39. The molecule has 0 radical (unpaired) electrons. The highest BCUT2D eigenvalue weighted by molar-refractivity contribution is 5.92. The molecule has 0 spiro atoms. The number of rotatable bonds is 5. The van der Waals surface area contributed by atoms with Gasteiger partial charge in [-0.2, -0.15) is 0 Å². The molecule has 1 aromatic heterocycles. The van der Waals surface area contributed by atoms with Crippen molar-refractivity contribution in [3.8, 4) is 0 Å². The van der Waals surface area contributed by atoms with Crippen molar-refractivity contribution in [1.29, 1.82) is 0 Å². The van der Waals surface area contributed by atoms with E-state index in [4.69, 9.17) is 0 Å². The van der Waals surface area contributed by atoms with Gasteiger partial charge in [-0.25, -0.2) is 4.39 Å². The molecule has 1 aliphatic rings. The van der Waals surface area contributed by atoms with E-state index in [2.05, 4.69) is 15.2 Å². The quantitative estimate of drug-likeness (QED) is 0.918. The largest absolute Gasteiger partial charge is 0.326 e. The summed E-state index contributed by atoms with van der Waals surface area (Å²) >= 11 is 0. The fraction of sp³-hybridized carbons (Fsp3) is 0.368. The number of carbonyl (C=O) groups is 1. The molecule has 24 heavy (non-hydrogen) atoms. The first kappa shape index (κ1) is 16.6. The number of aromatic nitrogens is 1. The minimum absolute atomic E-state index is 0.0288. The van der Waals surface area contributed by atoms with Gasteiger partial charge in [-0.1, -0.05) is 6.07 Å². The Balaban J connectivity index is 1.42. The van der Waals surface area contributed by atoms with E-state index in [-0.39, 0.29) is 17.6 Å². The monoisotopic (exact) mass is 327 g/mol. The summed E-state index contributed by atoms with van der Waals surface area (Å²) in [5.41, 5.74) is 1.76. The molecule has 1 aliphatic heterocycles. The average molecular weight is 327 g/mol. The van der Waals surface area contributed by atoms with Crippen LogP contribution in [0.1, 0.15) is 18.5 Å². The van der Waals surface area contributed by atoms with Crippen molar-refractivity contribution in [2.75, 3.05) is 25.0 Å². The predicted octanol–water partition coefficient (Wildman–Crippen LogP) is 3.11. The third-order valence-electron chi connectivity index (χ3n) is 4.48. The summed E-state index contributed by atoms with van der Waals surface area (Å²) in [6, 6.07) is 11.9. The van der Waals surface area contributed by atoms with Gasteiger partial charge in [-0.3, -0.25) is 9.78 Å². The SMILES string of the molecule is O=C(Nc1ccc(F)cc1)C1CCN(CCc2ccccn2)CC1. The van der Waals surface area contributed by atoms with Gasteiger partial charge < -0.3 is 10.2 Å². The maximum absolute atomic E-state index is 12.9. The Labute approximate surface area is 141 Å². The fourth-order valence-electron chi connectivity index (χ4n) is 3.01. The van der Waals surface area contributed by atoms with Crippen LogP contribution in [-0.4, -0.2) is 35.4 Å². The van der Waals surface area contributed by atoms with Gasteiger partial charge in [0.1, 0.15) is 5.82 Å². The molecule has 0 atom stereocenters. The van der Waals surface area contributed by atoms with E-state index >= 15 is 0 Å². The zero-order valence-corrected chi connectivity index (χ0v) is 13.6. The van der Waals surface area contributed by atoms with Crippen LogP contribution in [0.5, 0.6) is 0 Å². The number of benzene rings is 1. The Morgan fingerprint density at radius 2 is 1.92 bits per heavy atom. The average Bonchev–Trinajstić information content (AvgIpc) is 2.63. The molecule has 1 fully saturated rings. The molecule has 0 unspecified atom stereocenters. The summed E-state index contributed by atoms with van der Waals surface area (Å²) in [5, 5.41) is 2.88. The van der Waals surface area contributed by atoms with Crippen LogP contribution in [-0.2, 0) is 11.2 Å². The van der Waals surface area contributed by atoms with Crippen LogP contribution in [0.4, 0.5) is 10.1 Å². The number of halogens is 1. The zero-order chi connectivity index (χ0) is 16.8. The van der Waals surface area contributed by atoms with Crippen molar-refractivity contribution in [2.24, 2.45) is 5.92 Å². The van der Waals surface area contributed by atoms with Gasteiger partial charge >= 0.3 is 0 Å². The number of hydrogen-bond acceptors (Lipinski definition) is 3. The smallest absolute Gasteiger partial charge is 0.227 e. The van der Waals surface area contributed by atoms with E-state index in [1.807, 2.05) is 24.4 Å². The number of pyridine rings is 1. The molecule has 4 nitrogen and oxygen atoms in total. The van der Waals surface area contributed by atoms with E-state index < -0.39 is 0 Å². The van der Waals surface area contributed by atoms with Crippen molar-refractivity contribution >= 4 is 11.6 Å². The lowest BCUT2D eigenvalue weighted by Crippen LogP contribution is -2.39. The second-order valence-corrected chi connectivity index (χ2v) is 6.18. The number of nitrogens with one attached hydrogen (secondary N) is 1. The molecule has 3 rings (SSSR count). The molecule has 2 aromatic rings. The topological polar surface area (TPSA) is 45.2 Å². The minimum Gasteiger partial charge on any atom is -0.326 e. The Morgan fingerprint density at radius 3 is 2.58 bits per heavy atom. The standard InChI is InChI=1S/C19H22FN3O/c20-16-4-6-18(7-5-16)22-19(24)15-8-12-23(13-9-15)14-10-17-3-1-2-11-21-17/h1-7,11,15H,8-10,12-14H2,(H,22,24). The first-order chi connectivity index (χ1) is 11.7. The van der Waals surface area contributed by atoms with E-state index in [0.717, 1.165) is 44.6 Å². The number of amides is 1. The summed E-state index contributed by atoms with van der Waals surface area (Å²) < 4.78 is 12.9. The Bertz CT molecular complexity index is 652. The summed E-state index contributed by atoms with van der Waals surface area (Å²) in [6.45, 7) is 2.83. The third kappa shape index (κ3) is 4.61. The number of carbonyl (C=O) groups excluding carboxylic acids is 1. The molecule has 0 bridgehead atoms. The maximum atomic E-state index is 12.9. The van der Waals surface area contributed by atoms with Gasteiger partial charge in [0, 0.05) is 36.5 Å². The van der Waals surface area contributed by atoms with E-state index in [0.29, 0.717) is 5.69 Å². The summed E-state index contributed by atoms with van der Waals surface area (Å²) in [4.78, 5) is 19.0. The molecule has 1 aromatic carbocycles. The van der Waals surface area contributed by atoms with Crippen molar-refractivity contribution < 1.29 is 9.18 Å². The van der Waals surface area contributed by atoms with Crippen molar-refractivity contribution in [1.82, 2.24) is 9.88 Å². The molecule has 1 amide bonds. The Hall–Kier alpha value is -2.27. The lowest BCUT2D eigenvalue weighted by Gasteiger charge is -2.31. The molecule has 126 valence electrons. The van der Waals surface area contributed by atoms with Crippen LogP contribution >= 0.6 is 0 Å². The van der Waals surface area contributed by atoms with Gasteiger partial charge in [0.05, 0.1) is 0 Å². The molecular weight excluding hydrogens is 305 g/mol. The van der Waals surface area contributed by atoms with Crippen LogP contribution < -0.4 is 5.32 Å². The number of piperidine rings is 1. The molecule has 1 N–H and O–H groups in total. The van der Waals surface area contributed by atoms with Gasteiger partial charge in [0.25, 0.3) is 0 Å². The highest BCUT2D eigenvalue weighted by atomic mass is 19.1. The third-order valence-corrected chi connectivity index (χ3v) is 4.48. The molecule has 2 heterocycles. The number of hydrogen-bond donors (Lipinski definition) is 1. The van der Waals surface area contributed by atoms with Crippen LogP contribution in [0.3, 0.4) is 0 Å². The molecule has 1 saturated heterocycles. The summed E-state index contributed by atoms with van der Waals surface area (Å²) in [6.07, 6.45) is 4.47. The van der Waals surface area contributed by atoms with Crippen LogP contribution in [0, 0.1) is 11.7 Å². The second kappa shape index (κ2) is 8.02. The molecule has 5 heteroatoms. The number of anilines is 1. The van der Waals surface area contributed by atoms with Gasteiger partial charge in [-0.15, -0.1) is 0 Å². The van der Waals surface area contributed by atoms with E-state index in [1.54, 1.807) is 12.1 Å². The number of likely N-dealkylation sites (tertiary alicyclic amines) is 1. The Morgan fingerprint density at radius 1 is 1.17 bits per heavy atom. The van der Waals surface area contributed by atoms with Gasteiger partial charge in [0.2, 0.25) is 5.91 Å². The maximum Gasteiger partial charge on any atom is 0.227 e. The van der Waals surface area contributed by atoms with Crippen molar-refractivity contribution in [3.63, 3.8) is 0 Å². The highest BCUT2D eigenvalue weighted by Crippen LogP contribution is 2.20. The van der Waals surface area contributed by atoms with Crippen LogP contribution in [0.15, 0.2) is 48.7 Å². The highest BCUT2D eigenvalue weighted by Gasteiger charge is 2.24. The lowest BCUT2D eigenvalue weighted by atomic mass is 9.95. The fourth-order valence-corrected chi connectivity index (χ4v) is 3.01. The molecule has 0 aliphatic carbocycles. The molecular formula is C19H22FN3O.